The first-order valence-electron chi connectivity index (χ1n) is 9.48. The third-order valence-corrected chi connectivity index (χ3v) is 4.45. The molecule has 0 bridgehead atoms. The van der Waals surface area contributed by atoms with Gasteiger partial charge in [-0.05, 0) is 30.8 Å². The lowest BCUT2D eigenvalue weighted by Crippen LogP contribution is -2.29. The molecule has 0 radical (unpaired) electrons. The minimum Gasteiger partial charge on any atom is -0.493 e. The van der Waals surface area contributed by atoms with Crippen LogP contribution in [0.4, 0.5) is 5.69 Å². The second kappa shape index (κ2) is 13.8. The highest BCUT2D eigenvalue weighted by Gasteiger charge is 2.05. The fourth-order valence-corrected chi connectivity index (χ4v) is 2.95. The van der Waals surface area contributed by atoms with Crippen LogP contribution in [0.25, 0.3) is 0 Å². The SMILES string of the molecule is CCCCCCCCCCCNC(=S)Nc1ccc(OC)c(OC)c1. The van der Waals surface area contributed by atoms with Gasteiger partial charge in [-0.1, -0.05) is 58.3 Å². The Hall–Kier alpha value is -1.49. The van der Waals surface area contributed by atoms with Crippen LogP contribution in [-0.4, -0.2) is 25.9 Å². The first kappa shape index (κ1) is 21.6. The van der Waals surface area contributed by atoms with Crippen molar-refractivity contribution in [1.82, 2.24) is 5.32 Å². The van der Waals surface area contributed by atoms with E-state index in [9.17, 15) is 0 Å². The quantitative estimate of drug-likeness (QED) is 0.355. The lowest BCUT2D eigenvalue weighted by Gasteiger charge is -2.13. The Morgan fingerprint density at radius 3 is 2.08 bits per heavy atom. The molecule has 0 fully saturated rings. The molecule has 4 nitrogen and oxygen atoms in total. The highest BCUT2D eigenvalue weighted by Crippen LogP contribution is 2.29. The molecule has 0 spiro atoms. The molecule has 5 heteroatoms. The molecular formula is C20H34N2O2S. The highest BCUT2D eigenvalue weighted by molar-refractivity contribution is 7.80. The van der Waals surface area contributed by atoms with Gasteiger partial charge in [0.05, 0.1) is 14.2 Å². The van der Waals surface area contributed by atoms with E-state index in [1.54, 1.807) is 14.2 Å². The van der Waals surface area contributed by atoms with Crippen molar-refractivity contribution < 1.29 is 9.47 Å². The predicted octanol–water partition coefficient (Wildman–Crippen LogP) is 5.52. The topological polar surface area (TPSA) is 42.5 Å². The van der Waals surface area contributed by atoms with Crippen LogP contribution in [0.3, 0.4) is 0 Å². The zero-order chi connectivity index (χ0) is 18.3. The van der Waals surface area contributed by atoms with Crippen molar-refractivity contribution in [3.05, 3.63) is 18.2 Å². The summed E-state index contributed by atoms with van der Waals surface area (Å²) < 4.78 is 10.5. The summed E-state index contributed by atoms with van der Waals surface area (Å²) in [6, 6.07) is 5.67. The fraction of sp³-hybridized carbons (Fsp3) is 0.650. The number of ether oxygens (including phenoxy) is 2. The molecule has 1 aromatic carbocycles. The number of hydrogen-bond acceptors (Lipinski definition) is 3. The molecule has 0 aliphatic rings. The van der Waals surface area contributed by atoms with Crippen LogP contribution in [0, 0.1) is 0 Å². The van der Waals surface area contributed by atoms with Gasteiger partial charge in [0.1, 0.15) is 0 Å². The van der Waals surface area contributed by atoms with Gasteiger partial charge in [-0.25, -0.2) is 0 Å². The van der Waals surface area contributed by atoms with Crippen LogP contribution in [0.5, 0.6) is 11.5 Å². The largest absolute Gasteiger partial charge is 0.493 e. The number of methoxy groups -OCH3 is 2. The van der Waals surface area contributed by atoms with Crippen molar-refractivity contribution >= 4 is 23.0 Å². The average Bonchev–Trinajstić information content (AvgIpc) is 2.63. The molecule has 25 heavy (non-hydrogen) atoms. The van der Waals surface area contributed by atoms with Gasteiger partial charge in [0.15, 0.2) is 16.6 Å². The Labute approximate surface area is 158 Å². The van der Waals surface area contributed by atoms with Gasteiger partial charge >= 0.3 is 0 Å². The minimum absolute atomic E-state index is 0.645. The van der Waals surface area contributed by atoms with Crippen LogP contribution in [0.15, 0.2) is 18.2 Å². The predicted molar refractivity (Wildman–Crippen MR) is 111 cm³/mol. The van der Waals surface area contributed by atoms with E-state index in [1.165, 1.54) is 51.4 Å². The number of unbranched alkanes of at least 4 members (excludes halogenated alkanes) is 8. The number of hydrogen-bond donors (Lipinski definition) is 2. The maximum absolute atomic E-state index is 5.34. The van der Waals surface area contributed by atoms with E-state index in [1.807, 2.05) is 18.2 Å². The van der Waals surface area contributed by atoms with Crippen molar-refractivity contribution in [2.75, 3.05) is 26.1 Å². The molecule has 1 aromatic rings. The van der Waals surface area contributed by atoms with Crippen LogP contribution in [0.2, 0.25) is 0 Å². The molecule has 0 aliphatic carbocycles. The molecule has 0 atom stereocenters. The Kier molecular flexibility index (Phi) is 11.9. The third-order valence-electron chi connectivity index (χ3n) is 4.21. The molecule has 0 saturated carbocycles. The number of anilines is 1. The Balaban J connectivity index is 2.11. The lowest BCUT2D eigenvalue weighted by atomic mass is 10.1. The van der Waals surface area contributed by atoms with Crippen molar-refractivity contribution in [2.45, 2.75) is 64.7 Å². The zero-order valence-corrected chi connectivity index (χ0v) is 16.8. The van der Waals surface area contributed by atoms with E-state index in [-0.39, 0.29) is 0 Å². The van der Waals surface area contributed by atoms with Gasteiger partial charge in [0.2, 0.25) is 0 Å². The standard InChI is InChI=1S/C20H34N2O2S/c1-4-5-6-7-8-9-10-11-12-15-21-20(25)22-17-13-14-18(23-2)19(16-17)24-3/h13-14,16H,4-12,15H2,1-3H3,(H2,21,22,25). The molecule has 2 N–H and O–H groups in total. The summed E-state index contributed by atoms with van der Waals surface area (Å²) in [7, 11) is 3.25. The second-order valence-electron chi connectivity index (χ2n) is 6.28. The van der Waals surface area contributed by atoms with E-state index in [0.717, 1.165) is 18.7 Å². The van der Waals surface area contributed by atoms with Crippen LogP contribution in [0.1, 0.15) is 64.7 Å². The van der Waals surface area contributed by atoms with Crippen molar-refractivity contribution in [2.24, 2.45) is 0 Å². The Morgan fingerprint density at radius 1 is 0.880 bits per heavy atom. The summed E-state index contributed by atoms with van der Waals surface area (Å²) in [4.78, 5) is 0. The monoisotopic (exact) mass is 366 g/mol. The average molecular weight is 367 g/mol. The van der Waals surface area contributed by atoms with Crippen LogP contribution >= 0.6 is 12.2 Å². The van der Waals surface area contributed by atoms with E-state index in [4.69, 9.17) is 21.7 Å². The van der Waals surface area contributed by atoms with Gasteiger partial charge in [0, 0.05) is 18.3 Å². The maximum Gasteiger partial charge on any atom is 0.170 e. The van der Waals surface area contributed by atoms with Gasteiger partial charge < -0.3 is 20.1 Å². The molecule has 0 amide bonds. The molecule has 0 heterocycles. The molecule has 0 saturated heterocycles. The zero-order valence-electron chi connectivity index (χ0n) is 16.0. The Morgan fingerprint density at radius 2 is 1.48 bits per heavy atom. The summed E-state index contributed by atoms with van der Waals surface area (Å²) >= 11 is 5.34. The van der Waals surface area contributed by atoms with Gasteiger partial charge in [-0.2, -0.15) is 0 Å². The maximum atomic E-state index is 5.34. The summed E-state index contributed by atoms with van der Waals surface area (Å²) in [5.41, 5.74) is 0.891. The van der Waals surface area contributed by atoms with E-state index >= 15 is 0 Å². The summed E-state index contributed by atoms with van der Waals surface area (Å²) in [5, 5.41) is 7.09. The van der Waals surface area contributed by atoms with Gasteiger partial charge in [-0.3, -0.25) is 0 Å². The number of thiocarbonyl (C=S) groups is 1. The first-order chi connectivity index (χ1) is 12.2. The third kappa shape index (κ3) is 9.54. The van der Waals surface area contributed by atoms with E-state index < -0.39 is 0 Å². The smallest absolute Gasteiger partial charge is 0.170 e. The number of rotatable bonds is 13. The molecule has 0 aromatic heterocycles. The first-order valence-corrected chi connectivity index (χ1v) is 9.89. The molecule has 1 rings (SSSR count). The van der Waals surface area contributed by atoms with E-state index in [2.05, 4.69) is 17.6 Å². The van der Waals surface area contributed by atoms with Gasteiger partial charge in [0.25, 0.3) is 0 Å². The van der Waals surface area contributed by atoms with Crippen LogP contribution < -0.4 is 20.1 Å². The van der Waals surface area contributed by atoms with Crippen molar-refractivity contribution in [1.29, 1.82) is 0 Å². The normalized spacial score (nSPS) is 10.4. The number of benzene rings is 1. The Bertz CT molecular complexity index is 495. The van der Waals surface area contributed by atoms with Crippen LogP contribution in [-0.2, 0) is 0 Å². The molecular weight excluding hydrogens is 332 g/mol. The lowest BCUT2D eigenvalue weighted by molar-refractivity contribution is 0.355. The van der Waals surface area contributed by atoms with Crippen molar-refractivity contribution in [3.8, 4) is 11.5 Å². The van der Waals surface area contributed by atoms with E-state index in [0.29, 0.717) is 16.6 Å². The summed E-state index contributed by atoms with van der Waals surface area (Å²) in [6.07, 6.45) is 12.0. The summed E-state index contributed by atoms with van der Waals surface area (Å²) in [6.45, 7) is 3.17. The highest BCUT2D eigenvalue weighted by atomic mass is 32.1. The summed E-state index contributed by atoms with van der Waals surface area (Å²) in [5.74, 6) is 1.40. The van der Waals surface area contributed by atoms with Gasteiger partial charge in [-0.15, -0.1) is 0 Å². The second-order valence-corrected chi connectivity index (χ2v) is 6.69. The van der Waals surface area contributed by atoms with Crippen molar-refractivity contribution in [3.63, 3.8) is 0 Å². The molecule has 0 aliphatic heterocycles. The molecule has 142 valence electrons. The minimum atomic E-state index is 0.645. The fourth-order valence-electron chi connectivity index (χ4n) is 2.73. The molecule has 0 unspecified atom stereocenters. The number of nitrogens with one attached hydrogen (secondary N) is 2.